The Morgan fingerprint density at radius 3 is 3.03 bits per heavy atom. The number of nitrogens with zero attached hydrogens (tertiary/aromatic N) is 2. The van der Waals surface area contributed by atoms with Crippen molar-refractivity contribution >= 4 is 22.9 Å². The van der Waals surface area contributed by atoms with Gasteiger partial charge in [-0.15, -0.1) is 0 Å². The van der Waals surface area contributed by atoms with E-state index < -0.39 is 0 Å². The van der Waals surface area contributed by atoms with Gasteiger partial charge in [0, 0.05) is 50.9 Å². The molecule has 1 aromatic heterocycles. The average molecular weight is 394 g/mol. The van der Waals surface area contributed by atoms with Gasteiger partial charge in [-0.1, -0.05) is 30.3 Å². The molecule has 7 heteroatoms. The number of hydrogen-bond acceptors (Lipinski definition) is 6. The van der Waals surface area contributed by atoms with E-state index in [-0.39, 0.29) is 12.1 Å². The lowest BCUT2D eigenvalue weighted by Gasteiger charge is -2.33. The van der Waals surface area contributed by atoms with Crippen molar-refractivity contribution in [3.8, 4) is 0 Å². The van der Waals surface area contributed by atoms with Crippen molar-refractivity contribution in [2.45, 2.75) is 26.0 Å². The number of benzene rings is 2. The molecule has 1 saturated heterocycles. The lowest BCUT2D eigenvalue weighted by Crippen LogP contribution is -2.53. The molecule has 29 heavy (non-hydrogen) atoms. The summed E-state index contributed by atoms with van der Waals surface area (Å²) in [5, 5.41) is 6.90. The summed E-state index contributed by atoms with van der Waals surface area (Å²) in [7, 11) is 0. The molecule has 4 rings (SSSR count). The van der Waals surface area contributed by atoms with Crippen LogP contribution in [0.2, 0.25) is 0 Å². The largest absolute Gasteiger partial charge is 0.445 e. The standard InChI is InChI=1S/C22H26N4O3/c1-16-25-20-8-7-18(13-21(20)29-16)23-10-9-19-14-26(12-11-24-19)22(27)28-15-17-5-3-2-4-6-17/h2-8,13,19,23-24H,9-12,14-15H2,1H3/t19-/m1/s1. The van der Waals surface area contributed by atoms with Gasteiger partial charge in [0.05, 0.1) is 0 Å². The SMILES string of the molecule is Cc1nc2ccc(NCC[C@@H]3CN(C(=O)OCc4ccccc4)CCN3)cc2o1. The molecule has 0 spiro atoms. The maximum absolute atomic E-state index is 12.4. The number of piperazine rings is 1. The fourth-order valence-electron chi connectivity index (χ4n) is 3.54. The van der Waals surface area contributed by atoms with Crippen LogP contribution in [-0.2, 0) is 11.3 Å². The highest BCUT2D eigenvalue weighted by atomic mass is 16.6. The van der Waals surface area contributed by atoms with Gasteiger partial charge in [-0.2, -0.15) is 0 Å². The van der Waals surface area contributed by atoms with Crippen molar-refractivity contribution in [1.29, 1.82) is 0 Å². The van der Waals surface area contributed by atoms with E-state index >= 15 is 0 Å². The summed E-state index contributed by atoms with van der Waals surface area (Å²) in [5.74, 6) is 0.669. The molecule has 1 amide bonds. The molecule has 1 fully saturated rings. The van der Waals surface area contributed by atoms with Crippen molar-refractivity contribution < 1.29 is 13.9 Å². The molecule has 7 nitrogen and oxygen atoms in total. The van der Waals surface area contributed by atoms with Crippen LogP contribution in [0, 0.1) is 6.92 Å². The van der Waals surface area contributed by atoms with Crippen LogP contribution in [0.25, 0.3) is 11.1 Å². The van der Waals surface area contributed by atoms with Crippen molar-refractivity contribution in [3.63, 3.8) is 0 Å². The van der Waals surface area contributed by atoms with E-state index in [4.69, 9.17) is 9.15 Å². The molecule has 0 bridgehead atoms. The molecule has 1 aliphatic rings. The molecule has 0 radical (unpaired) electrons. The number of hydrogen-bond donors (Lipinski definition) is 2. The second-order valence-electron chi connectivity index (χ2n) is 7.27. The minimum absolute atomic E-state index is 0.233. The first kappa shape index (κ1) is 19.3. The smallest absolute Gasteiger partial charge is 0.410 e. The highest BCUT2D eigenvalue weighted by molar-refractivity contribution is 5.77. The topological polar surface area (TPSA) is 79.6 Å². The van der Waals surface area contributed by atoms with Gasteiger partial charge in [0.1, 0.15) is 12.1 Å². The number of fused-ring (bicyclic) bond motifs is 1. The van der Waals surface area contributed by atoms with Crippen LogP contribution in [-0.4, -0.2) is 48.2 Å². The summed E-state index contributed by atoms with van der Waals surface area (Å²) in [5.41, 5.74) is 3.65. The first-order valence-corrected chi connectivity index (χ1v) is 9.97. The summed E-state index contributed by atoms with van der Waals surface area (Å²) in [6.45, 7) is 5.03. The number of carbonyl (C=O) groups excluding carboxylic acids is 1. The molecule has 2 aromatic carbocycles. The molecular weight excluding hydrogens is 368 g/mol. The Morgan fingerprint density at radius 1 is 1.31 bits per heavy atom. The van der Waals surface area contributed by atoms with Gasteiger partial charge in [0.15, 0.2) is 11.5 Å². The fraction of sp³-hybridized carbons (Fsp3) is 0.364. The first-order chi connectivity index (χ1) is 14.2. The van der Waals surface area contributed by atoms with Crippen molar-refractivity contribution in [3.05, 3.63) is 60.0 Å². The second kappa shape index (κ2) is 8.96. The Bertz CT molecular complexity index is 957. The summed E-state index contributed by atoms with van der Waals surface area (Å²) in [6, 6.07) is 15.9. The number of carbonyl (C=O) groups is 1. The lowest BCUT2D eigenvalue weighted by molar-refractivity contribution is 0.0845. The van der Waals surface area contributed by atoms with Crippen LogP contribution in [0.5, 0.6) is 0 Å². The van der Waals surface area contributed by atoms with Crippen LogP contribution in [0.3, 0.4) is 0 Å². The summed E-state index contributed by atoms with van der Waals surface area (Å²) >= 11 is 0. The zero-order valence-corrected chi connectivity index (χ0v) is 16.6. The van der Waals surface area contributed by atoms with Gasteiger partial charge in [0.2, 0.25) is 0 Å². The first-order valence-electron chi connectivity index (χ1n) is 9.97. The predicted molar refractivity (Wildman–Crippen MR) is 112 cm³/mol. The number of aromatic nitrogens is 1. The van der Waals surface area contributed by atoms with Crippen LogP contribution < -0.4 is 10.6 Å². The van der Waals surface area contributed by atoms with E-state index in [9.17, 15) is 4.79 Å². The molecule has 0 aliphatic carbocycles. The second-order valence-corrected chi connectivity index (χ2v) is 7.27. The number of nitrogens with one attached hydrogen (secondary N) is 2. The van der Waals surface area contributed by atoms with Crippen LogP contribution in [0.15, 0.2) is 52.9 Å². The minimum atomic E-state index is -0.251. The van der Waals surface area contributed by atoms with Gasteiger partial charge < -0.3 is 24.7 Å². The molecule has 0 unspecified atom stereocenters. The maximum atomic E-state index is 12.4. The number of ether oxygens (including phenoxy) is 1. The summed E-state index contributed by atoms with van der Waals surface area (Å²) in [4.78, 5) is 18.5. The third-order valence-electron chi connectivity index (χ3n) is 5.04. The molecule has 3 aromatic rings. The molecule has 0 saturated carbocycles. The zero-order valence-electron chi connectivity index (χ0n) is 16.6. The number of aryl methyl sites for hydroxylation is 1. The van der Waals surface area contributed by atoms with Crippen molar-refractivity contribution in [2.75, 3.05) is 31.5 Å². The molecule has 1 atom stereocenters. The Kier molecular flexibility index (Phi) is 5.95. The van der Waals surface area contributed by atoms with Gasteiger partial charge in [0.25, 0.3) is 0 Å². The quantitative estimate of drug-likeness (QED) is 0.666. The summed E-state index contributed by atoms with van der Waals surface area (Å²) in [6.07, 6.45) is 0.648. The van der Waals surface area contributed by atoms with E-state index in [1.807, 2.05) is 55.5 Å². The Hall–Kier alpha value is -3.06. The maximum Gasteiger partial charge on any atom is 0.410 e. The van der Waals surface area contributed by atoms with E-state index in [1.165, 1.54) is 0 Å². The van der Waals surface area contributed by atoms with Crippen LogP contribution >= 0.6 is 0 Å². The monoisotopic (exact) mass is 394 g/mol. The van der Waals surface area contributed by atoms with E-state index in [2.05, 4.69) is 15.6 Å². The number of rotatable bonds is 6. The Labute approximate surface area is 170 Å². The van der Waals surface area contributed by atoms with E-state index in [0.717, 1.165) is 41.9 Å². The molecule has 2 N–H and O–H groups in total. The summed E-state index contributed by atoms with van der Waals surface area (Å²) < 4.78 is 11.0. The van der Waals surface area contributed by atoms with E-state index in [1.54, 1.807) is 4.90 Å². The molecular formula is C22H26N4O3. The van der Waals surface area contributed by atoms with Gasteiger partial charge in [-0.3, -0.25) is 0 Å². The number of oxazole rings is 1. The van der Waals surface area contributed by atoms with Crippen LogP contribution in [0.1, 0.15) is 17.9 Å². The Morgan fingerprint density at radius 2 is 2.17 bits per heavy atom. The lowest BCUT2D eigenvalue weighted by atomic mass is 10.1. The van der Waals surface area contributed by atoms with Gasteiger partial charge in [-0.25, -0.2) is 9.78 Å². The highest BCUT2D eigenvalue weighted by Crippen LogP contribution is 2.20. The van der Waals surface area contributed by atoms with Crippen molar-refractivity contribution in [1.82, 2.24) is 15.2 Å². The molecule has 1 aliphatic heterocycles. The number of amides is 1. The number of anilines is 1. The average Bonchev–Trinajstić information content (AvgIpc) is 3.12. The van der Waals surface area contributed by atoms with Gasteiger partial charge >= 0.3 is 6.09 Å². The third kappa shape index (κ3) is 5.06. The fourth-order valence-corrected chi connectivity index (χ4v) is 3.54. The van der Waals surface area contributed by atoms with E-state index in [0.29, 0.717) is 25.6 Å². The highest BCUT2D eigenvalue weighted by Gasteiger charge is 2.24. The van der Waals surface area contributed by atoms with Gasteiger partial charge in [-0.05, 0) is 24.1 Å². The van der Waals surface area contributed by atoms with Crippen LogP contribution in [0.4, 0.5) is 10.5 Å². The Balaban J connectivity index is 1.23. The predicted octanol–water partition coefficient (Wildman–Crippen LogP) is 3.55. The third-order valence-corrected chi connectivity index (χ3v) is 5.04. The van der Waals surface area contributed by atoms with Crippen molar-refractivity contribution in [2.24, 2.45) is 0 Å². The molecule has 152 valence electrons. The zero-order chi connectivity index (χ0) is 20.1. The normalized spacial score (nSPS) is 16.7. The molecule has 2 heterocycles. The minimum Gasteiger partial charge on any atom is -0.445 e.